The molecule has 0 fully saturated rings. The third-order valence-corrected chi connectivity index (χ3v) is 4.43. The Morgan fingerprint density at radius 3 is 1.86 bits per heavy atom. The third-order valence-electron chi connectivity index (χ3n) is 4.00. The van der Waals surface area contributed by atoms with Gasteiger partial charge in [-0.1, -0.05) is 71.1 Å². The molecule has 21 heavy (non-hydrogen) atoms. The number of esters is 1. The van der Waals surface area contributed by atoms with E-state index in [2.05, 4.69) is 11.7 Å². The van der Waals surface area contributed by atoms with Gasteiger partial charge in [-0.3, -0.25) is 4.79 Å². The fourth-order valence-corrected chi connectivity index (χ4v) is 2.87. The molecular weight excluding hydrogens is 284 g/mol. The van der Waals surface area contributed by atoms with Crippen molar-refractivity contribution in [3.8, 4) is 0 Å². The first-order valence-corrected chi connectivity index (χ1v) is 9.35. The molecule has 1 atom stereocenters. The molecule has 0 aliphatic rings. The van der Waals surface area contributed by atoms with Crippen LogP contribution in [0.2, 0.25) is 0 Å². The van der Waals surface area contributed by atoms with E-state index in [1.54, 1.807) is 0 Å². The average molecular weight is 319 g/mol. The fourth-order valence-electron chi connectivity index (χ4n) is 2.56. The second-order valence-electron chi connectivity index (χ2n) is 6.04. The number of alkyl halides is 1. The van der Waals surface area contributed by atoms with Gasteiger partial charge in [0.15, 0.2) is 0 Å². The maximum absolute atomic E-state index is 11.0. The van der Waals surface area contributed by atoms with Gasteiger partial charge in [0.2, 0.25) is 0 Å². The van der Waals surface area contributed by atoms with Crippen LogP contribution in [0, 0.1) is 0 Å². The molecule has 0 rings (SSSR count). The Morgan fingerprint density at radius 2 is 1.33 bits per heavy atom. The number of ether oxygens (including phenoxy) is 1. The molecule has 126 valence electrons. The summed E-state index contributed by atoms with van der Waals surface area (Å²) in [6.45, 7) is 2.26. The molecule has 3 heteroatoms. The highest BCUT2D eigenvalue weighted by molar-refractivity contribution is 6.20. The molecule has 0 aliphatic heterocycles. The molecule has 0 N–H and O–H groups in total. The topological polar surface area (TPSA) is 26.3 Å². The fraction of sp³-hybridized carbons (Fsp3) is 0.944. The number of unbranched alkanes of at least 4 members (excludes halogenated alkanes) is 9. The van der Waals surface area contributed by atoms with Gasteiger partial charge >= 0.3 is 5.97 Å². The Bertz CT molecular complexity index is 231. The van der Waals surface area contributed by atoms with Gasteiger partial charge in [-0.05, 0) is 19.3 Å². The second-order valence-corrected chi connectivity index (χ2v) is 6.65. The van der Waals surface area contributed by atoms with Gasteiger partial charge in [-0.2, -0.15) is 0 Å². The molecule has 0 amide bonds. The molecule has 0 saturated carbocycles. The summed E-state index contributed by atoms with van der Waals surface area (Å²) in [5.74, 6) is -0.111. The maximum Gasteiger partial charge on any atom is 0.305 e. The van der Waals surface area contributed by atoms with Gasteiger partial charge in [0, 0.05) is 11.8 Å². The van der Waals surface area contributed by atoms with Crippen LogP contribution < -0.4 is 0 Å². The van der Waals surface area contributed by atoms with Crippen LogP contribution in [0.4, 0.5) is 0 Å². The predicted molar refractivity (Wildman–Crippen MR) is 92.0 cm³/mol. The van der Waals surface area contributed by atoms with Crippen LogP contribution in [-0.4, -0.2) is 18.5 Å². The summed E-state index contributed by atoms with van der Waals surface area (Å²) in [7, 11) is 1.44. The normalized spacial score (nSPS) is 12.3. The SMILES string of the molecule is CCCCCCCCCCCC(Cl)CCCCC(=O)OC. The van der Waals surface area contributed by atoms with E-state index < -0.39 is 0 Å². The van der Waals surface area contributed by atoms with E-state index in [4.69, 9.17) is 11.6 Å². The van der Waals surface area contributed by atoms with Crippen LogP contribution in [0.15, 0.2) is 0 Å². The molecule has 0 aromatic rings. The van der Waals surface area contributed by atoms with Gasteiger partial charge in [0.25, 0.3) is 0 Å². The molecule has 0 bridgehead atoms. The smallest absolute Gasteiger partial charge is 0.305 e. The Labute approximate surface area is 137 Å². The molecule has 0 saturated heterocycles. The van der Waals surface area contributed by atoms with Crippen LogP contribution in [0.5, 0.6) is 0 Å². The first-order valence-electron chi connectivity index (χ1n) is 8.91. The highest BCUT2D eigenvalue weighted by atomic mass is 35.5. The van der Waals surface area contributed by atoms with E-state index in [1.165, 1.54) is 64.9 Å². The van der Waals surface area contributed by atoms with E-state index >= 15 is 0 Å². The van der Waals surface area contributed by atoms with E-state index in [0.717, 1.165) is 25.7 Å². The summed E-state index contributed by atoms with van der Waals surface area (Å²) in [4.78, 5) is 11.0. The number of methoxy groups -OCH3 is 1. The van der Waals surface area contributed by atoms with Crippen molar-refractivity contribution in [2.45, 2.75) is 102 Å². The Kier molecular flexibility index (Phi) is 16.0. The van der Waals surface area contributed by atoms with Gasteiger partial charge in [0.05, 0.1) is 7.11 Å². The molecule has 1 unspecified atom stereocenters. The first-order chi connectivity index (χ1) is 10.2. The molecule has 0 heterocycles. The summed E-state index contributed by atoms with van der Waals surface area (Å²) in [5, 5.41) is 0.284. The maximum atomic E-state index is 11.0. The van der Waals surface area contributed by atoms with Crippen molar-refractivity contribution in [1.82, 2.24) is 0 Å². The summed E-state index contributed by atoms with van der Waals surface area (Å²) >= 11 is 6.31. The standard InChI is InChI=1S/C18H35ClO2/c1-3-4-5-6-7-8-9-10-11-14-17(19)15-12-13-16-18(20)21-2/h17H,3-16H2,1-2H3. The number of hydrogen-bond acceptors (Lipinski definition) is 2. The molecule has 0 spiro atoms. The second kappa shape index (κ2) is 16.1. The van der Waals surface area contributed by atoms with Crippen molar-refractivity contribution in [3.63, 3.8) is 0 Å². The minimum Gasteiger partial charge on any atom is -0.469 e. The number of hydrogen-bond donors (Lipinski definition) is 0. The van der Waals surface area contributed by atoms with Gasteiger partial charge in [0.1, 0.15) is 0 Å². The summed E-state index contributed by atoms with van der Waals surface area (Å²) in [6, 6.07) is 0. The number of carbonyl (C=O) groups excluding carboxylic acids is 1. The van der Waals surface area contributed by atoms with Crippen molar-refractivity contribution in [2.24, 2.45) is 0 Å². The quantitative estimate of drug-likeness (QED) is 0.203. The van der Waals surface area contributed by atoms with Gasteiger partial charge < -0.3 is 4.74 Å². The van der Waals surface area contributed by atoms with Gasteiger partial charge in [-0.25, -0.2) is 0 Å². The molecule has 0 aliphatic carbocycles. The molecule has 0 aromatic heterocycles. The number of rotatable bonds is 15. The van der Waals surface area contributed by atoms with Crippen molar-refractivity contribution >= 4 is 17.6 Å². The lowest BCUT2D eigenvalue weighted by Gasteiger charge is -2.09. The van der Waals surface area contributed by atoms with E-state index in [1.807, 2.05) is 0 Å². The van der Waals surface area contributed by atoms with Crippen LogP contribution in [0.3, 0.4) is 0 Å². The zero-order chi connectivity index (χ0) is 15.8. The van der Waals surface area contributed by atoms with Crippen LogP contribution in [0.1, 0.15) is 96.8 Å². The van der Waals surface area contributed by atoms with Crippen molar-refractivity contribution in [2.75, 3.05) is 7.11 Å². The third kappa shape index (κ3) is 16.0. The van der Waals surface area contributed by atoms with Crippen molar-refractivity contribution < 1.29 is 9.53 Å². The highest BCUT2D eigenvalue weighted by Gasteiger charge is 2.05. The minimum absolute atomic E-state index is 0.111. The lowest BCUT2D eigenvalue weighted by Crippen LogP contribution is -2.02. The zero-order valence-electron chi connectivity index (χ0n) is 14.2. The van der Waals surface area contributed by atoms with Crippen LogP contribution in [0.25, 0.3) is 0 Å². The molecular formula is C18H35ClO2. The summed E-state index contributed by atoms with van der Waals surface area (Å²) in [5.41, 5.74) is 0. The molecule has 0 radical (unpaired) electrons. The first kappa shape index (κ1) is 20.8. The largest absolute Gasteiger partial charge is 0.469 e. The number of halogens is 1. The summed E-state index contributed by atoms with van der Waals surface area (Å²) in [6.07, 6.45) is 16.8. The van der Waals surface area contributed by atoms with E-state index in [9.17, 15) is 4.79 Å². The number of carbonyl (C=O) groups is 1. The van der Waals surface area contributed by atoms with Gasteiger partial charge in [-0.15, -0.1) is 11.6 Å². The molecule has 0 aromatic carbocycles. The van der Waals surface area contributed by atoms with E-state index in [0.29, 0.717) is 6.42 Å². The zero-order valence-corrected chi connectivity index (χ0v) is 14.9. The lowest BCUT2D eigenvalue weighted by molar-refractivity contribution is -0.140. The highest BCUT2D eigenvalue weighted by Crippen LogP contribution is 2.17. The Morgan fingerprint density at radius 1 is 0.857 bits per heavy atom. The predicted octanol–water partition coefficient (Wildman–Crippen LogP) is 6.25. The monoisotopic (exact) mass is 318 g/mol. The average Bonchev–Trinajstić information content (AvgIpc) is 2.49. The van der Waals surface area contributed by atoms with Crippen molar-refractivity contribution in [1.29, 1.82) is 0 Å². The summed E-state index contributed by atoms with van der Waals surface area (Å²) < 4.78 is 4.62. The Hall–Kier alpha value is -0.240. The Balaban J connectivity index is 3.19. The lowest BCUT2D eigenvalue weighted by atomic mass is 10.0. The van der Waals surface area contributed by atoms with Crippen LogP contribution in [-0.2, 0) is 9.53 Å². The van der Waals surface area contributed by atoms with Crippen LogP contribution >= 0.6 is 11.6 Å². The molecule has 2 nitrogen and oxygen atoms in total. The van der Waals surface area contributed by atoms with E-state index in [-0.39, 0.29) is 11.3 Å². The minimum atomic E-state index is -0.111. The van der Waals surface area contributed by atoms with Crippen molar-refractivity contribution in [3.05, 3.63) is 0 Å².